The van der Waals surface area contributed by atoms with Crippen LogP contribution in [0, 0.1) is 5.82 Å². The van der Waals surface area contributed by atoms with E-state index in [1.54, 1.807) is 6.92 Å². The van der Waals surface area contributed by atoms with Gasteiger partial charge in [-0.2, -0.15) is 0 Å². The molecule has 3 N–H and O–H groups in total. The van der Waals surface area contributed by atoms with E-state index < -0.39 is 27.4 Å². The van der Waals surface area contributed by atoms with Crippen LogP contribution in [0.2, 0.25) is 0 Å². The summed E-state index contributed by atoms with van der Waals surface area (Å²) in [6.45, 7) is 1.82. The molecule has 2 heterocycles. The number of halogens is 1. The number of aromatic amines is 2. The lowest BCUT2D eigenvalue weighted by atomic mass is 10.1. The Kier molecular flexibility index (Phi) is 4.78. The first kappa shape index (κ1) is 19.6. The topological polar surface area (TPSA) is 121 Å². The van der Waals surface area contributed by atoms with Gasteiger partial charge >= 0.3 is 5.97 Å². The number of sulfonamides is 1. The molecule has 30 heavy (non-hydrogen) atoms. The summed E-state index contributed by atoms with van der Waals surface area (Å²) >= 11 is 0. The maximum atomic E-state index is 13.4. The zero-order valence-electron chi connectivity index (χ0n) is 15.7. The van der Waals surface area contributed by atoms with Crippen molar-refractivity contribution >= 4 is 43.5 Å². The molecule has 0 saturated heterocycles. The van der Waals surface area contributed by atoms with Crippen LogP contribution in [0.25, 0.3) is 21.8 Å². The first-order chi connectivity index (χ1) is 14.3. The van der Waals surface area contributed by atoms with E-state index in [-0.39, 0.29) is 28.3 Å². The standard InChI is InChI=1S/C20H16FN3O5S/c1-2-29-20(26)15-10-22-18-17(15)14-9-12(6-7-16(14)23-19(18)25)24-30(27,28)13-5-3-4-11(21)8-13/h3-10,22,24H,2H2,1H3,(H,23,25). The first-order valence-corrected chi connectivity index (χ1v) is 10.4. The zero-order chi connectivity index (χ0) is 21.5. The fraction of sp³-hybridized carbons (Fsp3) is 0.100. The fourth-order valence-corrected chi connectivity index (χ4v) is 4.29. The minimum atomic E-state index is -4.05. The number of hydrogen-bond acceptors (Lipinski definition) is 5. The van der Waals surface area contributed by atoms with Crippen LogP contribution in [-0.2, 0) is 14.8 Å². The molecule has 0 amide bonds. The highest BCUT2D eigenvalue weighted by molar-refractivity contribution is 7.92. The third-order valence-corrected chi connectivity index (χ3v) is 5.88. The van der Waals surface area contributed by atoms with Crippen LogP contribution in [0.1, 0.15) is 17.3 Å². The average Bonchev–Trinajstić information content (AvgIpc) is 3.15. The molecule has 4 aromatic rings. The Hall–Kier alpha value is -3.66. The maximum absolute atomic E-state index is 13.4. The molecule has 10 heteroatoms. The highest BCUT2D eigenvalue weighted by Gasteiger charge is 2.20. The van der Waals surface area contributed by atoms with Gasteiger partial charge in [-0.1, -0.05) is 6.07 Å². The summed E-state index contributed by atoms with van der Waals surface area (Å²) in [6.07, 6.45) is 1.38. The van der Waals surface area contributed by atoms with Crippen molar-refractivity contribution in [2.24, 2.45) is 0 Å². The van der Waals surface area contributed by atoms with Gasteiger partial charge in [-0.15, -0.1) is 0 Å². The van der Waals surface area contributed by atoms with E-state index in [9.17, 15) is 22.4 Å². The second-order valence-corrected chi connectivity index (χ2v) is 8.13. The normalized spacial score (nSPS) is 11.7. The fourth-order valence-electron chi connectivity index (χ4n) is 3.21. The van der Waals surface area contributed by atoms with E-state index in [0.717, 1.165) is 12.1 Å². The molecular weight excluding hydrogens is 413 g/mol. The van der Waals surface area contributed by atoms with E-state index in [1.807, 2.05) is 0 Å². The Balaban J connectivity index is 1.86. The lowest BCUT2D eigenvalue weighted by molar-refractivity contribution is 0.0529. The number of H-pyrrole nitrogens is 2. The van der Waals surface area contributed by atoms with E-state index in [2.05, 4.69) is 14.7 Å². The predicted molar refractivity (Wildman–Crippen MR) is 110 cm³/mol. The maximum Gasteiger partial charge on any atom is 0.340 e. The number of fused-ring (bicyclic) bond motifs is 3. The lowest BCUT2D eigenvalue weighted by Crippen LogP contribution is -2.13. The van der Waals surface area contributed by atoms with Crippen LogP contribution in [-0.4, -0.2) is 31.0 Å². The Bertz CT molecular complexity index is 1460. The van der Waals surface area contributed by atoms with Crippen LogP contribution in [0.4, 0.5) is 10.1 Å². The van der Waals surface area contributed by atoms with Gasteiger partial charge in [-0.05, 0) is 43.3 Å². The van der Waals surface area contributed by atoms with Crippen molar-refractivity contribution in [2.45, 2.75) is 11.8 Å². The van der Waals surface area contributed by atoms with Crippen molar-refractivity contribution in [2.75, 3.05) is 11.3 Å². The number of ether oxygens (including phenoxy) is 1. The van der Waals surface area contributed by atoms with Crippen molar-refractivity contribution < 1.29 is 22.3 Å². The van der Waals surface area contributed by atoms with Crippen molar-refractivity contribution in [3.8, 4) is 0 Å². The molecule has 0 aliphatic carbocycles. The Morgan fingerprint density at radius 1 is 1.20 bits per heavy atom. The number of aromatic nitrogens is 2. The van der Waals surface area contributed by atoms with Gasteiger partial charge in [0.25, 0.3) is 15.6 Å². The lowest BCUT2D eigenvalue weighted by Gasteiger charge is -2.10. The molecule has 154 valence electrons. The number of nitrogens with one attached hydrogen (secondary N) is 3. The minimum Gasteiger partial charge on any atom is -0.462 e. The summed E-state index contributed by atoms with van der Waals surface area (Å²) in [5.41, 5.74) is 0.479. The summed E-state index contributed by atoms with van der Waals surface area (Å²) in [7, 11) is -4.05. The van der Waals surface area contributed by atoms with Gasteiger partial charge in [0.1, 0.15) is 11.3 Å². The molecule has 8 nitrogen and oxygen atoms in total. The third-order valence-electron chi connectivity index (χ3n) is 4.50. The minimum absolute atomic E-state index is 0.158. The van der Waals surface area contributed by atoms with Crippen molar-refractivity contribution in [3.63, 3.8) is 0 Å². The van der Waals surface area contributed by atoms with Crippen LogP contribution in [0.3, 0.4) is 0 Å². The molecular formula is C20H16FN3O5S. The summed E-state index contributed by atoms with van der Waals surface area (Å²) in [4.78, 5) is 29.8. The number of anilines is 1. The van der Waals surface area contributed by atoms with Crippen LogP contribution < -0.4 is 10.3 Å². The molecule has 0 atom stereocenters. The third kappa shape index (κ3) is 3.41. The highest BCUT2D eigenvalue weighted by atomic mass is 32.2. The number of carbonyl (C=O) groups excluding carboxylic acids is 1. The first-order valence-electron chi connectivity index (χ1n) is 8.93. The summed E-state index contributed by atoms with van der Waals surface area (Å²) in [5, 5.41) is 0.757. The highest BCUT2D eigenvalue weighted by Crippen LogP contribution is 2.28. The molecule has 0 saturated carbocycles. The zero-order valence-corrected chi connectivity index (χ0v) is 16.5. The van der Waals surface area contributed by atoms with E-state index in [0.29, 0.717) is 16.3 Å². The number of pyridine rings is 1. The predicted octanol–water partition coefficient (Wildman–Crippen LogP) is 3.13. The van der Waals surface area contributed by atoms with Gasteiger partial charge in [-0.3, -0.25) is 9.52 Å². The van der Waals surface area contributed by atoms with Gasteiger partial charge in [0.15, 0.2) is 0 Å². The molecule has 0 spiro atoms. The van der Waals surface area contributed by atoms with Gasteiger partial charge in [0.2, 0.25) is 0 Å². The molecule has 0 aliphatic rings. The Morgan fingerprint density at radius 3 is 2.73 bits per heavy atom. The number of benzene rings is 2. The van der Waals surface area contributed by atoms with Gasteiger partial charge in [0, 0.05) is 28.2 Å². The van der Waals surface area contributed by atoms with Crippen LogP contribution in [0.15, 0.2) is 58.4 Å². The van der Waals surface area contributed by atoms with Gasteiger partial charge in [-0.25, -0.2) is 17.6 Å². The largest absolute Gasteiger partial charge is 0.462 e. The molecule has 0 aliphatic heterocycles. The summed E-state index contributed by atoms with van der Waals surface area (Å²) in [5.74, 6) is -1.29. The smallest absolute Gasteiger partial charge is 0.340 e. The number of esters is 1. The number of rotatable bonds is 5. The quantitative estimate of drug-likeness (QED) is 0.421. The SMILES string of the molecule is CCOC(=O)c1c[nH]c2c(=O)[nH]c3ccc(NS(=O)(=O)c4cccc(F)c4)cc3c12. The summed E-state index contributed by atoms with van der Waals surface area (Å²) < 4.78 is 46.1. The second kappa shape index (κ2) is 7.30. The number of hydrogen-bond donors (Lipinski definition) is 3. The Labute approximate surface area is 169 Å². The van der Waals surface area contributed by atoms with Crippen LogP contribution >= 0.6 is 0 Å². The molecule has 2 aromatic heterocycles. The molecule has 4 rings (SSSR count). The monoisotopic (exact) mass is 429 g/mol. The summed E-state index contributed by atoms with van der Waals surface area (Å²) in [6, 6.07) is 9.08. The van der Waals surface area contributed by atoms with E-state index in [1.165, 1.54) is 36.5 Å². The average molecular weight is 429 g/mol. The van der Waals surface area contributed by atoms with Gasteiger partial charge in [0.05, 0.1) is 17.1 Å². The van der Waals surface area contributed by atoms with E-state index >= 15 is 0 Å². The van der Waals surface area contributed by atoms with Gasteiger partial charge < -0.3 is 14.7 Å². The van der Waals surface area contributed by atoms with E-state index in [4.69, 9.17) is 4.74 Å². The van der Waals surface area contributed by atoms with Crippen molar-refractivity contribution in [1.29, 1.82) is 0 Å². The van der Waals surface area contributed by atoms with Crippen molar-refractivity contribution in [3.05, 3.63) is 70.4 Å². The molecule has 0 bridgehead atoms. The Morgan fingerprint density at radius 2 is 2.00 bits per heavy atom. The number of carbonyl (C=O) groups is 1. The van der Waals surface area contributed by atoms with Crippen LogP contribution in [0.5, 0.6) is 0 Å². The molecule has 0 unspecified atom stereocenters. The molecule has 0 fully saturated rings. The van der Waals surface area contributed by atoms with Crippen molar-refractivity contribution in [1.82, 2.24) is 9.97 Å². The molecule has 0 radical (unpaired) electrons. The molecule has 2 aromatic carbocycles. The second-order valence-electron chi connectivity index (χ2n) is 6.45.